The Morgan fingerprint density at radius 2 is 2.31 bits per heavy atom. The Hall–Kier alpha value is -1.91. The summed E-state index contributed by atoms with van der Waals surface area (Å²) in [6, 6.07) is 1.79. The Morgan fingerprint density at radius 3 is 2.88 bits per heavy atom. The van der Waals surface area contributed by atoms with E-state index in [2.05, 4.69) is 9.97 Å². The maximum atomic E-state index is 11.5. The van der Waals surface area contributed by atoms with E-state index in [0.29, 0.717) is 12.4 Å². The molecule has 1 aromatic rings. The van der Waals surface area contributed by atoms with Crippen LogP contribution in [0.4, 0.5) is 0 Å². The van der Waals surface area contributed by atoms with Crippen molar-refractivity contribution in [3.8, 4) is 0 Å². The standard InChI is InChI=1S/C11H15N3O2/c1-3-8-5-6-13-10(14-8)9(7-12)11(15)16-4-2/h5-7H,3-4,12H2,1-2H3/b9-7+. The van der Waals surface area contributed by atoms with Gasteiger partial charge in [0.1, 0.15) is 5.57 Å². The van der Waals surface area contributed by atoms with Gasteiger partial charge in [0.25, 0.3) is 0 Å². The van der Waals surface area contributed by atoms with E-state index in [9.17, 15) is 4.79 Å². The van der Waals surface area contributed by atoms with E-state index in [4.69, 9.17) is 10.5 Å². The number of hydrogen-bond donors (Lipinski definition) is 1. The number of nitrogens with two attached hydrogens (primary N) is 1. The van der Waals surface area contributed by atoms with Crippen LogP contribution in [-0.2, 0) is 16.0 Å². The maximum absolute atomic E-state index is 11.5. The lowest BCUT2D eigenvalue weighted by atomic mass is 10.2. The molecule has 0 saturated carbocycles. The molecule has 1 aromatic heterocycles. The summed E-state index contributed by atoms with van der Waals surface area (Å²) < 4.78 is 4.86. The van der Waals surface area contributed by atoms with Gasteiger partial charge in [0.15, 0.2) is 5.82 Å². The van der Waals surface area contributed by atoms with Gasteiger partial charge in [0.05, 0.1) is 6.61 Å². The monoisotopic (exact) mass is 221 g/mol. The molecule has 0 aromatic carbocycles. The van der Waals surface area contributed by atoms with Gasteiger partial charge in [-0.2, -0.15) is 0 Å². The highest BCUT2D eigenvalue weighted by Crippen LogP contribution is 2.10. The fourth-order valence-electron chi connectivity index (χ4n) is 1.17. The Morgan fingerprint density at radius 1 is 1.56 bits per heavy atom. The van der Waals surface area contributed by atoms with Gasteiger partial charge in [0.2, 0.25) is 0 Å². The van der Waals surface area contributed by atoms with E-state index >= 15 is 0 Å². The first kappa shape index (κ1) is 12.2. The molecule has 0 fully saturated rings. The first-order valence-corrected chi connectivity index (χ1v) is 5.14. The van der Waals surface area contributed by atoms with Crippen molar-refractivity contribution in [3.05, 3.63) is 30.0 Å². The number of carbonyl (C=O) groups excluding carboxylic acids is 1. The average Bonchev–Trinajstić information content (AvgIpc) is 2.31. The van der Waals surface area contributed by atoms with Crippen LogP contribution in [0.25, 0.3) is 5.57 Å². The second-order valence-corrected chi connectivity index (χ2v) is 3.03. The Labute approximate surface area is 94.4 Å². The summed E-state index contributed by atoms with van der Waals surface area (Å²) in [5.41, 5.74) is 6.43. The van der Waals surface area contributed by atoms with E-state index in [0.717, 1.165) is 12.1 Å². The number of aromatic nitrogens is 2. The Balaban J connectivity index is 3.00. The van der Waals surface area contributed by atoms with Crippen molar-refractivity contribution >= 4 is 11.5 Å². The van der Waals surface area contributed by atoms with Gasteiger partial charge in [-0.25, -0.2) is 14.8 Å². The summed E-state index contributed by atoms with van der Waals surface area (Å²) in [4.78, 5) is 19.7. The lowest BCUT2D eigenvalue weighted by molar-refractivity contribution is -0.136. The summed E-state index contributed by atoms with van der Waals surface area (Å²) in [6.45, 7) is 4.00. The highest BCUT2D eigenvalue weighted by atomic mass is 16.5. The van der Waals surface area contributed by atoms with Crippen molar-refractivity contribution in [1.29, 1.82) is 0 Å². The largest absolute Gasteiger partial charge is 0.462 e. The molecule has 2 N–H and O–H groups in total. The van der Waals surface area contributed by atoms with Crippen LogP contribution >= 0.6 is 0 Å². The Kier molecular flexibility index (Phi) is 4.44. The molecule has 5 heteroatoms. The average molecular weight is 221 g/mol. The Bertz CT molecular complexity index is 402. The molecule has 0 saturated heterocycles. The quantitative estimate of drug-likeness (QED) is 0.603. The zero-order valence-electron chi connectivity index (χ0n) is 9.43. The van der Waals surface area contributed by atoms with Crippen LogP contribution in [0.3, 0.4) is 0 Å². The van der Waals surface area contributed by atoms with Gasteiger partial charge in [-0.15, -0.1) is 0 Å². The van der Waals surface area contributed by atoms with Crippen LogP contribution in [-0.4, -0.2) is 22.5 Å². The normalized spacial score (nSPS) is 11.2. The molecule has 0 unspecified atom stereocenters. The molecule has 5 nitrogen and oxygen atoms in total. The van der Waals surface area contributed by atoms with Crippen LogP contribution in [0.5, 0.6) is 0 Å². The van der Waals surface area contributed by atoms with Gasteiger partial charge in [-0.3, -0.25) is 0 Å². The van der Waals surface area contributed by atoms with Crippen LogP contribution < -0.4 is 5.73 Å². The number of ether oxygens (including phenoxy) is 1. The summed E-state index contributed by atoms with van der Waals surface area (Å²) in [5, 5.41) is 0. The summed E-state index contributed by atoms with van der Waals surface area (Å²) in [6.07, 6.45) is 3.55. The molecule has 1 heterocycles. The van der Waals surface area contributed by atoms with Crippen molar-refractivity contribution in [2.45, 2.75) is 20.3 Å². The van der Waals surface area contributed by atoms with E-state index in [1.165, 1.54) is 6.20 Å². The molecule has 1 rings (SSSR count). The molecule has 0 bridgehead atoms. The van der Waals surface area contributed by atoms with Gasteiger partial charge in [-0.05, 0) is 19.4 Å². The van der Waals surface area contributed by atoms with Gasteiger partial charge >= 0.3 is 5.97 Å². The third-order valence-corrected chi connectivity index (χ3v) is 1.98. The fourth-order valence-corrected chi connectivity index (χ4v) is 1.17. The highest BCUT2D eigenvalue weighted by Gasteiger charge is 2.15. The van der Waals surface area contributed by atoms with Crippen molar-refractivity contribution < 1.29 is 9.53 Å². The predicted molar refractivity (Wildman–Crippen MR) is 60.2 cm³/mol. The van der Waals surface area contributed by atoms with Crippen LogP contribution in [0.15, 0.2) is 18.5 Å². The molecule has 0 atom stereocenters. The van der Waals surface area contributed by atoms with E-state index in [1.807, 2.05) is 6.92 Å². The van der Waals surface area contributed by atoms with E-state index in [-0.39, 0.29) is 5.57 Å². The molecular weight excluding hydrogens is 206 g/mol. The first-order chi connectivity index (χ1) is 7.72. The van der Waals surface area contributed by atoms with Gasteiger partial charge in [0, 0.05) is 18.1 Å². The predicted octanol–water partition coefficient (Wildman–Crippen LogP) is 0.902. The number of esters is 1. The molecular formula is C11H15N3O2. The SMILES string of the molecule is CCOC(=O)/C(=C/N)c1nccc(CC)n1. The van der Waals surface area contributed by atoms with Crippen molar-refractivity contribution in [1.82, 2.24) is 9.97 Å². The second-order valence-electron chi connectivity index (χ2n) is 3.03. The molecule has 0 aliphatic rings. The minimum absolute atomic E-state index is 0.192. The first-order valence-electron chi connectivity index (χ1n) is 5.14. The number of hydrogen-bond acceptors (Lipinski definition) is 5. The molecule has 0 aliphatic carbocycles. The minimum Gasteiger partial charge on any atom is -0.462 e. The summed E-state index contributed by atoms with van der Waals surface area (Å²) >= 11 is 0. The van der Waals surface area contributed by atoms with Crippen LogP contribution in [0, 0.1) is 0 Å². The number of carbonyl (C=O) groups is 1. The molecule has 0 spiro atoms. The van der Waals surface area contributed by atoms with E-state index < -0.39 is 5.97 Å². The van der Waals surface area contributed by atoms with E-state index in [1.54, 1.807) is 19.2 Å². The zero-order valence-corrected chi connectivity index (χ0v) is 9.43. The van der Waals surface area contributed by atoms with Crippen LogP contribution in [0.1, 0.15) is 25.4 Å². The minimum atomic E-state index is -0.502. The summed E-state index contributed by atoms with van der Waals surface area (Å²) in [7, 11) is 0. The number of rotatable bonds is 4. The summed E-state index contributed by atoms with van der Waals surface area (Å²) in [5.74, 6) is -0.196. The van der Waals surface area contributed by atoms with Crippen molar-refractivity contribution in [2.24, 2.45) is 5.73 Å². The molecule has 0 aliphatic heterocycles. The van der Waals surface area contributed by atoms with Gasteiger partial charge < -0.3 is 10.5 Å². The molecule has 86 valence electrons. The lowest BCUT2D eigenvalue weighted by Gasteiger charge is -2.05. The topological polar surface area (TPSA) is 78.1 Å². The number of aryl methyl sites for hydroxylation is 1. The zero-order chi connectivity index (χ0) is 12.0. The van der Waals surface area contributed by atoms with Crippen LogP contribution in [0.2, 0.25) is 0 Å². The second kappa shape index (κ2) is 5.85. The molecule has 0 amide bonds. The maximum Gasteiger partial charge on any atom is 0.343 e. The smallest absolute Gasteiger partial charge is 0.343 e. The highest BCUT2D eigenvalue weighted by molar-refractivity contribution is 6.15. The van der Waals surface area contributed by atoms with Gasteiger partial charge in [-0.1, -0.05) is 6.92 Å². The van der Waals surface area contributed by atoms with Crippen molar-refractivity contribution in [2.75, 3.05) is 6.61 Å². The number of nitrogens with zero attached hydrogens (tertiary/aromatic N) is 2. The molecule has 0 radical (unpaired) electrons. The lowest BCUT2D eigenvalue weighted by Crippen LogP contribution is -2.11. The third-order valence-electron chi connectivity index (χ3n) is 1.98. The molecule has 16 heavy (non-hydrogen) atoms. The van der Waals surface area contributed by atoms with Crippen molar-refractivity contribution in [3.63, 3.8) is 0 Å². The fraction of sp³-hybridized carbons (Fsp3) is 0.364. The third kappa shape index (κ3) is 2.79.